The van der Waals surface area contributed by atoms with Crippen molar-refractivity contribution in [1.82, 2.24) is 4.90 Å². The second-order valence-electron chi connectivity index (χ2n) is 6.16. The van der Waals surface area contributed by atoms with E-state index in [-0.39, 0.29) is 12.3 Å². The standard InChI is InChI=1S/C12H18FNO/c1-11(2)8-6-14(7-9(8)11)10(15)5-12(13)3-4-12/h8-9H,3-7H2,1-2H3/t8-,9+. The third kappa shape index (κ3) is 1.39. The van der Waals surface area contributed by atoms with Crippen molar-refractivity contribution in [2.24, 2.45) is 17.3 Å². The number of hydrogen-bond acceptors (Lipinski definition) is 1. The van der Waals surface area contributed by atoms with Crippen molar-refractivity contribution in [2.45, 2.75) is 38.8 Å². The van der Waals surface area contributed by atoms with E-state index >= 15 is 0 Å². The number of fused-ring (bicyclic) bond motifs is 1. The molecule has 1 heterocycles. The molecule has 2 atom stereocenters. The van der Waals surface area contributed by atoms with Crippen LogP contribution >= 0.6 is 0 Å². The summed E-state index contributed by atoms with van der Waals surface area (Å²) in [6.45, 7) is 6.27. The second kappa shape index (κ2) is 2.55. The zero-order valence-corrected chi connectivity index (χ0v) is 9.42. The highest BCUT2D eigenvalue weighted by Gasteiger charge is 2.63. The summed E-state index contributed by atoms with van der Waals surface area (Å²) in [5, 5.41) is 0. The summed E-state index contributed by atoms with van der Waals surface area (Å²) in [4.78, 5) is 13.6. The van der Waals surface area contributed by atoms with Gasteiger partial charge in [-0.15, -0.1) is 0 Å². The molecule has 0 bridgehead atoms. The van der Waals surface area contributed by atoms with Crippen LogP contribution < -0.4 is 0 Å². The quantitative estimate of drug-likeness (QED) is 0.684. The first kappa shape index (κ1) is 9.61. The molecule has 1 saturated heterocycles. The van der Waals surface area contributed by atoms with E-state index in [1.54, 1.807) is 0 Å². The smallest absolute Gasteiger partial charge is 0.225 e. The molecule has 0 aromatic rings. The van der Waals surface area contributed by atoms with Crippen molar-refractivity contribution in [2.75, 3.05) is 13.1 Å². The molecule has 3 fully saturated rings. The summed E-state index contributed by atoms with van der Waals surface area (Å²) in [5.74, 6) is 1.39. The van der Waals surface area contributed by atoms with E-state index in [1.807, 2.05) is 4.90 Å². The van der Waals surface area contributed by atoms with Crippen molar-refractivity contribution in [3.05, 3.63) is 0 Å². The van der Waals surface area contributed by atoms with Crippen molar-refractivity contribution in [1.29, 1.82) is 0 Å². The number of carbonyl (C=O) groups is 1. The van der Waals surface area contributed by atoms with E-state index in [4.69, 9.17) is 0 Å². The topological polar surface area (TPSA) is 20.3 Å². The van der Waals surface area contributed by atoms with Crippen LogP contribution in [-0.4, -0.2) is 29.6 Å². The van der Waals surface area contributed by atoms with E-state index in [0.717, 1.165) is 13.1 Å². The predicted molar refractivity (Wildman–Crippen MR) is 55.0 cm³/mol. The van der Waals surface area contributed by atoms with Crippen LogP contribution in [0.5, 0.6) is 0 Å². The average molecular weight is 211 g/mol. The van der Waals surface area contributed by atoms with E-state index < -0.39 is 5.67 Å². The lowest BCUT2D eigenvalue weighted by molar-refractivity contribution is -0.132. The van der Waals surface area contributed by atoms with Crippen LogP contribution in [0.3, 0.4) is 0 Å². The van der Waals surface area contributed by atoms with Gasteiger partial charge in [0, 0.05) is 13.1 Å². The van der Waals surface area contributed by atoms with Crippen molar-refractivity contribution in [3.8, 4) is 0 Å². The van der Waals surface area contributed by atoms with Crippen LogP contribution in [-0.2, 0) is 4.79 Å². The van der Waals surface area contributed by atoms with Gasteiger partial charge in [-0.05, 0) is 30.1 Å². The Balaban J connectivity index is 1.56. The van der Waals surface area contributed by atoms with Gasteiger partial charge in [-0.2, -0.15) is 0 Å². The van der Waals surface area contributed by atoms with E-state index in [1.165, 1.54) is 0 Å². The van der Waals surface area contributed by atoms with Gasteiger partial charge in [0.15, 0.2) is 0 Å². The van der Waals surface area contributed by atoms with Gasteiger partial charge < -0.3 is 4.90 Å². The maximum Gasteiger partial charge on any atom is 0.225 e. The number of hydrogen-bond donors (Lipinski definition) is 0. The van der Waals surface area contributed by atoms with Crippen LogP contribution in [0.4, 0.5) is 4.39 Å². The number of rotatable bonds is 2. The fourth-order valence-corrected chi connectivity index (χ4v) is 3.03. The van der Waals surface area contributed by atoms with Gasteiger partial charge in [0.05, 0.1) is 6.42 Å². The Morgan fingerprint density at radius 1 is 1.33 bits per heavy atom. The Morgan fingerprint density at radius 2 is 1.87 bits per heavy atom. The molecule has 2 nitrogen and oxygen atoms in total. The molecule has 0 radical (unpaired) electrons. The van der Waals surface area contributed by atoms with Crippen LogP contribution in [0.25, 0.3) is 0 Å². The summed E-state index contributed by atoms with van der Waals surface area (Å²) in [5.41, 5.74) is -0.691. The molecule has 0 aromatic carbocycles. The molecular weight excluding hydrogens is 193 g/mol. The maximum atomic E-state index is 13.4. The summed E-state index contributed by atoms with van der Waals surface area (Å²) in [7, 11) is 0. The van der Waals surface area contributed by atoms with Gasteiger partial charge >= 0.3 is 0 Å². The molecule has 1 aliphatic heterocycles. The third-order valence-electron chi connectivity index (χ3n) is 4.74. The van der Waals surface area contributed by atoms with Gasteiger partial charge in [-0.25, -0.2) is 4.39 Å². The van der Waals surface area contributed by atoms with Crippen molar-refractivity contribution in [3.63, 3.8) is 0 Å². The summed E-state index contributed by atoms with van der Waals surface area (Å²) in [6.07, 6.45) is 1.31. The monoisotopic (exact) mass is 211 g/mol. The first-order valence-electron chi connectivity index (χ1n) is 5.89. The number of piperidine rings is 1. The number of halogens is 1. The summed E-state index contributed by atoms with van der Waals surface area (Å²) >= 11 is 0. The minimum atomic E-state index is -1.13. The number of nitrogens with zero attached hydrogens (tertiary/aromatic N) is 1. The number of carbonyl (C=O) groups excluding carboxylic acids is 1. The van der Waals surface area contributed by atoms with Crippen LogP contribution in [0.15, 0.2) is 0 Å². The Hall–Kier alpha value is -0.600. The van der Waals surface area contributed by atoms with E-state index in [9.17, 15) is 9.18 Å². The van der Waals surface area contributed by atoms with Gasteiger partial charge in [-0.3, -0.25) is 4.79 Å². The molecule has 0 unspecified atom stereocenters. The summed E-state index contributed by atoms with van der Waals surface area (Å²) < 4.78 is 13.4. The van der Waals surface area contributed by atoms with E-state index in [2.05, 4.69) is 13.8 Å². The molecule has 2 saturated carbocycles. The van der Waals surface area contributed by atoms with Gasteiger partial charge in [0.25, 0.3) is 0 Å². The highest BCUT2D eigenvalue weighted by Crippen LogP contribution is 2.62. The number of amides is 1. The zero-order valence-electron chi connectivity index (χ0n) is 9.42. The first-order chi connectivity index (χ1) is 6.92. The number of likely N-dealkylation sites (tertiary alicyclic amines) is 1. The molecule has 0 spiro atoms. The lowest BCUT2D eigenvalue weighted by Gasteiger charge is -2.22. The Morgan fingerprint density at radius 3 is 2.33 bits per heavy atom. The lowest BCUT2D eigenvalue weighted by atomic mass is 10.1. The zero-order chi connectivity index (χ0) is 10.8. The maximum absolute atomic E-state index is 13.4. The largest absolute Gasteiger partial charge is 0.342 e. The highest BCUT2D eigenvalue weighted by atomic mass is 19.1. The molecule has 2 aliphatic carbocycles. The fourth-order valence-electron chi connectivity index (χ4n) is 3.03. The van der Waals surface area contributed by atoms with Crippen LogP contribution in [0.2, 0.25) is 0 Å². The Kier molecular flexibility index (Phi) is 1.64. The molecule has 3 heteroatoms. The molecule has 1 amide bonds. The Labute approximate surface area is 89.8 Å². The van der Waals surface area contributed by atoms with Gasteiger partial charge in [0.1, 0.15) is 5.67 Å². The molecular formula is C12H18FNO. The minimum absolute atomic E-state index is 0.0398. The van der Waals surface area contributed by atoms with Crippen LogP contribution in [0.1, 0.15) is 33.1 Å². The SMILES string of the molecule is CC1(C)[C@@H]2CN(C(=O)CC3(F)CC3)C[C@@H]21. The molecule has 84 valence electrons. The number of alkyl halides is 1. The average Bonchev–Trinajstić information content (AvgIpc) is 2.89. The molecule has 15 heavy (non-hydrogen) atoms. The normalized spacial score (nSPS) is 38.7. The Bertz CT molecular complexity index is 308. The molecule has 0 N–H and O–H groups in total. The molecule has 3 rings (SSSR count). The van der Waals surface area contributed by atoms with Crippen LogP contribution in [0, 0.1) is 17.3 Å². The van der Waals surface area contributed by atoms with Gasteiger partial charge in [-0.1, -0.05) is 13.8 Å². The fraction of sp³-hybridized carbons (Fsp3) is 0.917. The highest BCUT2D eigenvalue weighted by molar-refractivity contribution is 5.78. The van der Waals surface area contributed by atoms with Crippen molar-refractivity contribution < 1.29 is 9.18 Å². The third-order valence-corrected chi connectivity index (χ3v) is 4.74. The first-order valence-corrected chi connectivity index (χ1v) is 5.89. The molecule has 3 aliphatic rings. The minimum Gasteiger partial charge on any atom is -0.342 e. The lowest BCUT2D eigenvalue weighted by Crippen LogP contribution is -2.34. The molecule has 0 aromatic heterocycles. The predicted octanol–water partition coefficient (Wildman–Crippen LogP) is 1.99. The van der Waals surface area contributed by atoms with E-state index in [0.29, 0.717) is 30.1 Å². The van der Waals surface area contributed by atoms with Gasteiger partial charge in [0.2, 0.25) is 5.91 Å². The summed E-state index contributed by atoms with van der Waals surface area (Å²) in [6, 6.07) is 0. The second-order valence-corrected chi connectivity index (χ2v) is 6.16. The van der Waals surface area contributed by atoms with Crippen molar-refractivity contribution >= 4 is 5.91 Å².